The van der Waals surface area contributed by atoms with Gasteiger partial charge in [0.1, 0.15) is 0 Å². The molecule has 3 nitrogen and oxygen atoms in total. The van der Waals surface area contributed by atoms with Crippen molar-refractivity contribution in [2.24, 2.45) is 0 Å². The zero-order valence-corrected chi connectivity index (χ0v) is 8.33. The van der Waals surface area contributed by atoms with E-state index in [0.717, 1.165) is 0 Å². The number of carbonyl (C=O) groups is 1. The first kappa shape index (κ1) is 9.90. The lowest BCUT2D eigenvalue weighted by Crippen LogP contribution is -2.36. The van der Waals surface area contributed by atoms with Crippen LogP contribution in [0.15, 0.2) is 24.4 Å². The van der Waals surface area contributed by atoms with Gasteiger partial charge in [0.25, 0.3) is 0 Å². The molecular weight excluding hydrogens is 165 g/mol. The highest BCUT2D eigenvalue weighted by Crippen LogP contribution is 2.15. The van der Waals surface area contributed by atoms with Gasteiger partial charge in [0, 0.05) is 12.2 Å². The molecule has 0 saturated carbocycles. The average Bonchev–Trinajstić information content (AvgIpc) is 2.30. The van der Waals surface area contributed by atoms with Crippen LogP contribution in [0.4, 0.5) is 4.79 Å². The minimum atomic E-state index is -0.444. The van der Waals surface area contributed by atoms with E-state index in [1.165, 1.54) is 4.90 Å². The third-order valence-electron chi connectivity index (χ3n) is 1.56. The second-order valence-electron chi connectivity index (χ2n) is 3.98. The van der Waals surface area contributed by atoms with E-state index >= 15 is 0 Å². The number of amides is 1. The zero-order valence-electron chi connectivity index (χ0n) is 8.33. The molecule has 0 spiro atoms. The van der Waals surface area contributed by atoms with Crippen molar-refractivity contribution in [2.75, 3.05) is 6.54 Å². The predicted octanol–water partition coefficient (Wildman–Crippen LogP) is 0.878. The predicted molar refractivity (Wildman–Crippen MR) is 54.1 cm³/mol. The molecule has 0 bridgehead atoms. The second-order valence-corrected chi connectivity index (χ2v) is 3.98. The lowest BCUT2D eigenvalue weighted by Gasteiger charge is -2.24. The SMILES string of the molecule is BC(C)(C)OC(=O)N1CC=CC1=C. The first-order valence-electron chi connectivity index (χ1n) is 4.26. The molecule has 0 saturated heterocycles. The van der Waals surface area contributed by atoms with E-state index in [2.05, 4.69) is 6.58 Å². The Morgan fingerprint density at radius 1 is 1.77 bits per heavy atom. The Morgan fingerprint density at radius 3 is 2.77 bits per heavy atom. The van der Waals surface area contributed by atoms with Crippen molar-refractivity contribution in [2.45, 2.75) is 19.3 Å². The minimum absolute atomic E-state index is 0.331. The standard InChI is InChI=1S/C9H14BNO2/c1-7-5-4-6-11(7)8(12)13-9(2,3)10/h4-5H,1,6,10H2,2-3H3. The number of allylic oxidation sites excluding steroid dienone is 1. The summed E-state index contributed by atoms with van der Waals surface area (Å²) in [4.78, 5) is 13.0. The second kappa shape index (κ2) is 3.28. The van der Waals surface area contributed by atoms with Crippen LogP contribution in [-0.2, 0) is 4.74 Å². The van der Waals surface area contributed by atoms with Crippen LogP contribution >= 0.6 is 0 Å². The lowest BCUT2D eigenvalue weighted by molar-refractivity contribution is 0.0705. The minimum Gasteiger partial charge on any atom is -0.453 e. The van der Waals surface area contributed by atoms with Crippen LogP contribution in [0.5, 0.6) is 0 Å². The Morgan fingerprint density at radius 2 is 2.38 bits per heavy atom. The molecule has 70 valence electrons. The molecule has 0 N–H and O–H groups in total. The van der Waals surface area contributed by atoms with Crippen molar-refractivity contribution in [3.8, 4) is 0 Å². The molecule has 0 atom stereocenters. The van der Waals surface area contributed by atoms with Gasteiger partial charge in [-0.3, -0.25) is 4.90 Å². The zero-order chi connectivity index (χ0) is 10.1. The summed E-state index contributed by atoms with van der Waals surface area (Å²) in [5.41, 5.74) is 0.245. The number of nitrogens with zero attached hydrogens (tertiary/aromatic N) is 1. The highest BCUT2D eigenvalue weighted by atomic mass is 16.6. The first-order chi connectivity index (χ1) is 5.90. The molecule has 1 aliphatic rings. The molecule has 13 heavy (non-hydrogen) atoms. The smallest absolute Gasteiger partial charge is 0.414 e. The van der Waals surface area contributed by atoms with Crippen LogP contribution in [-0.4, -0.2) is 30.9 Å². The monoisotopic (exact) mass is 179 g/mol. The molecule has 4 heteroatoms. The number of ether oxygens (including phenoxy) is 1. The Balaban J connectivity index is 2.55. The van der Waals surface area contributed by atoms with E-state index in [1.54, 1.807) is 0 Å². The summed E-state index contributed by atoms with van der Waals surface area (Å²) >= 11 is 0. The summed E-state index contributed by atoms with van der Waals surface area (Å²) in [7, 11) is 1.84. The molecular formula is C9H14BNO2. The van der Waals surface area contributed by atoms with Gasteiger partial charge < -0.3 is 4.74 Å². The fourth-order valence-electron chi connectivity index (χ4n) is 1.01. The third-order valence-corrected chi connectivity index (χ3v) is 1.56. The average molecular weight is 179 g/mol. The van der Waals surface area contributed by atoms with Gasteiger partial charge in [0.2, 0.25) is 0 Å². The number of hydrogen-bond acceptors (Lipinski definition) is 2. The summed E-state index contributed by atoms with van der Waals surface area (Å²) in [5.74, 6) is 0. The fourth-order valence-corrected chi connectivity index (χ4v) is 1.01. The van der Waals surface area contributed by atoms with E-state index in [4.69, 9.17) is 4.74 Å². The molecule has 0 aromatic heterocycles. The largest absolute Gasteiger partial charge is 0.453 e. The summed E-state index contributed by atoms with van der Waals surface area (Å²) < 4.78 is 5.18. The van der Waals surface area contributed by atoms with Crippen LogP contribution in [0.25, 0.3) is 0 Å². The van der Waals surface area contributed by atoms with Crippen molar-refractivity contribution in [1.29, 1.82) is 0 Å². The lowest BCUT2D eigenvalue weighted by atomic mass is 9.86. The van der Waals surface area contributed by atoms with Crippen molar-refractivity contribution in [3.05, 3.63) is 24.4 Å². The number of carbonyl (C=O) groups excluding carboxylic acids is 1. The van der Waals surface area contributed by atoms with Gasteiger partial charge in [0.05, 0.1) is 5.50 Å². The molecule has 0 radical (unpaired) electrons. The van der Waals surface area contributed by atoms with Crippen molar-refractivity contribution in [3.63, 3.8) is 0 Å². The summed E-state index contributed by atoms with van der Waals surface area (Å²) in [6.07, 6.45) is 3.36. The Hall–Kier alpha value is -1.19. The Bertz CT molecular complexity index is 265. The normalized spacial score (nSPS) is 16.5. The van der Waals surface area contributed by atoms with Crippen LogP contribution in [0, 0.1) is 0 Å². The van der Waals surface area contributed by atoms with Crippen LogP contribution in [0.3, 0.4) is 0 Å². The summed E-state index contributed by atoms with van der Waals surface area (Å²) in [5, 5.41) is 0. The molecule has 0 aromatic carbocycles. The first-order valence-corrected chi connectivity index (χ1v) is 4.26. The maximum Gasteiger partial charge on any atom is 0.414 e. The maximum absolute atomic E-state index is 11.5. The number of hydrogen-bond donors (Lipinski definition) is 0. The van der Waals surface area contributed by atoms with Gasteiger partial charge in [-0.1, -0.05) is 12.7 Å². The molecule has 0 fully saturated rings. The molecule has 1 aliphatic heterocycles. The van der Waals surface area contributed by atoms with Crippen molar-refractivity contribution >= 4 is 13.9 Å². The van der Waals surface area contributed by atoms with E-state index in [9.17, 15) is 4.79 Å². The molecule has 0 aromatic rings. The highest BCUT2D eigenvalue weighted by Gasteiger charge is 2.24. The Kier molecular flexibility index (Phi) is 2.50. The van der Waals surface area contributed by atoms with Crippen molar-refractivity contribution in [1.82, 2.24) is 4.90 Å². The van der Waals surface area contributed by atoms with Crippen LogP contribution < -0.4 is 0 Å². The molecule has 1 heterocycles. The van der Waals surface area contributed by atoms with Gasteiger partial charge in [-0.05, 0) is 19.9 Å². The molecule has 1 amide bonds. The van der Waals surface area contributed by atoms with Gasteiger partial charge in [-0.2, -0.15) is 0 Å². The quantitative estimate of drug-likeness (QED) is 0.559. The third kappa shape index (κ3) is 2.65. The van der Waals surface area contributed by atoms with Gasteiger partial charge in [-0.15, -0.1) is 0 Å². The highest BCUT2D eigenvalue weighted by molar-refractivity contribution is 6.14. The summed E-state index contributed by atoms with van der Waals surface area (Å²) in [6.45, 7) is 7.98. The van der Waals surface area contributed by atoms with Gasteiger partial charge >= 0.3 is 6.09 Å². The van der Waals surface area contributed by atoms with Crippen molar-refractivity contribution < 1.29 is 9.53 Å². The van der Waals surface area contributed by atoms with E-state index < -0.39 is 5.50 Å². The topological polar surface area (TPSA) is 29.5 Å². The van der Waals surface area contributed by atoms with Crippen LogP contribution in [0.2, 0.25) is 0 Å². The molecule has 0 aliphatic carbocycles. The van der Waals surface area contributed by atoms with Gasteiger partial charge in [0.15, 0.2) is 7.85 Å². The van der Waals surface area contributed by atoms with E-state index in [1.807, 2.05) is 33.8 Å². The van der Waals surface area contributed by atoms with Gasteiger partial charge in [-0.25, -0.2) is 4.79 Å². The fraction of sp³-hybridized carbons (Fsp3) is 0.444. The van der Waals surface area contributed by atoms with Crippen LogP contribution in [0.1, 0.15) is 13.8 Å². The summed E-state index contributed by atoms with van der Waals surface area (Å²) in [6, 6.07) is 0. The maximum atomic E-state index is 11.5. The van der Waals surface area contributed by atoms with E-state index in [-0.39, 0.29) is 6.09 Å². The molecule has 0 unspecified atom stereocenters. The molecule has 1 rings (SSSR count). The Labute approximate surface area is 79.5 Å². The van der Waals surface area contributed by atoms with E-state index in [0.29, 0.717) is 12.2 Å². The number of rotatable bonds is 1.